The number of ether oxygens (including phenoxy) is 2. The van der Waals surface area contributed by atoms with Crippen molar-refractivity contribution in [2.24, 2.45) is 0 Å². The van der Waals surface area contributed by atoms with Crippen LogP contribution in [0.4, 0.5) is 0 Å². The third kappa shape index (κ3) is 5.54. The largest absolute Gasteiger partial charge is 0.503 e. The van der Waals surface area contributed by atoms with Gasteiger partial charge in [0.05, 0.1) is 19.2 Å². The Labute approximate surface area is 177 Å². The van der Waals surface area contributed by atoms with Crippen molar-refractivity contribution >= 4 is 11.6 Å². The lowest BCUT2D eigenvalue weighted by atomic mass is 10.1. The molecular formula is C22H29ClN2O4. The summed E-state index contributed by atoms with van der Waals surface area (Å²) >= 11 is 6.13. The van der Waals surface area contributed by atoms with Crippen LogP contribution in [0.1, 0.15) is 17.5 Å². The van der Waals surface area contributed by atoms with E-state index >= 15 is 0 Å². The number of hydrogen-bond donors (Lipinski definition) is 2. The maximum Gasteiger partial charge on any atom is 0.176 e. The highest BCUT2D eigenvalue weighted by Gasteiger charge is 2.27. The van der Waals surface area contributed by atoms with E-state index in [9.17, 15) is 10.2 Å². The molecule has 0 bridgehead atoms. The zero-order chi connectivity index (χ0) is 20.8. The minimum absolute atomic E-state index is 0.0285. The minimum Gasteiger partial charge on any atom is -0.503 e. The molecular weight excluding hydrogens is 392 g/mol. The zero-order valence-electron chi connectivity index (χ0n) is 17.0. The number of aliphatic hydroxyl groups is 1. The topological polar surface area (TPSA) is 65.4 Å². The molecule has 0 aliphatic carbocycles. The second-order valence-corrected chi connectivity index (χ2v) is 7.76. The summed E-state index contributed by atoms with van der Waals surface area (Å²) in [7, 11) is 3.20. The first-order chi connectivity index (χ1) is 14.0. The van der Waals surface area contributed by atoms with Gasteiger partial charge in [-0.1, -0.05) is 23.7 Å². The summed E-state index contributed by atoms with van der Waals surface area (Å²) in [6.45, 7) is 4.37. The fourth-order valence-corrected chi connectivity index (χ4v) is 4.10. The molecule has 2 N–H and O–H groups in total. The molecule has 0 spiro atoms. The average molecular weight is 421 g/mol. The molecule has 0 amide bonds. The lowest BCUT2D eigenvalue weighted by molar-refractivity contribution is 0.0499. The van der Waals surface area contributed by atoms with E-state index in [1.54, 1.807) is 13.2 Å². The van der Waals surface area contributed by atoms with E-state index < -0.39 is 0 Å². The standard InChI is InChI=1S/C22H29ClN2O4/c1-28-19-5-3-4-16(10-19)14-25-8-7-24(15-18(25)6-9-26)13-17-11-20(23)22(27)21(12-17)29-2/h3-5,10-12,18,26-27H,6-9,13-15H2,1-2H3/t18-/m1/s1. The predicted molar refractivity (Wildman–Crippen MR) is 114 cm³/mol. The van der Waals surface area contributed by atoms with Crippen molar-refractivity contribution in [3.63, 3.8) is 0 Å². The fraction of sp³-hybridized carbons (Fsp3) is 0.455. The van der Waals surface area contributed by atoms with Crippen LogP contribution in [-0.4, -0.2) is 66.5 Å². The van der Waals surface area contributed by atoms with E-state index in [-0.39, 0.29) is 18.4 Å². The number of phenols is 1. The Morgan fingerprint density at radius 3 is 2.62 bits per heavy atom. The van der Waals surface area contributed by atoms with Gasteiger partial charge >= 0.3 is 0 Å². The van der Waals surface area contributed by atoms with Crippen molar-refractivity contribution in [3.05, 3.63) is 52.5 Å². The average Bonchev–Trinajstić information content (AvgIpc) is 2.72. The SMILES string of the molecule is COc1cccc(CN2CCN(Cc3cc(Cl)c(O)c(OC)c3)C[C@H]2CCO)c1. The number of nitrogens with zero attached hydrogens (tertiary/aromatic N) is 2. The molecule has 1 heterocycles. The highest BCUT2D eigenvalue weighted by atomic mass is 35.5. The van der Waals surface area contributed by atoms with Crippen LogP contribution in [0, 0.1) is 0 Å². The minimum atomic E-state index is -0.0285. The molecule has 1 saturated heterocycles. The fourth-order valence-electron chi connectivity index (χ4n) is 3.87. The first-order valence-corrected chi connectivity index (χ1v) is 10.2. The quantitative estimate of drug-likeness (QED) is 0.684. The van der Waals surface area contributed by atoms with Gasteiger partial charge in [-0.2, -0.15) is 0 Å². The number of aliphatic hydroxyl groups excluding tert-OH is 1. The monoisotopic (exact) mass is 420 g/mol. The predicted octanol–water partition coefficient (Wildman–Crippen LogP) is 3.13. The number of benzene rings is 2. The van der Waals surface area contributed by atoms with Gasteiger partial charge in [0.25, 0.3) is 0 Å². The zero-order valence-corrected chi connectivity index (χ0v) is 17.7. The third-order valence-electron chi connectivity index (χ3n) is 5.39. The van der Waals surface area contributed by atoms with Gasteiger partial charge in [0, 0.05) is 45.4 Å². The van der Waals surface area contributed by atoms with Gasteiger partial charge in [-0.25, -0.2) is 0 Å². The summed E-state index contributed by atoms with van der Waals surface area (Å²) in [5.41, 5.74) is 2.20. The second-order valence-electron chi connectivity index (χ2n) is 7.35. The molecule has 29 heavy (non-hydrogen) atoms. The molecule has 0 aromatic heterocycles. The molecule has 1 aliphatic heterocycles. The Balaban J connectivity index is 1.67. The van der Waals surface area contributed by atoms with Crippen LogP contribution >= 0.6 is 11.6 Å². The van der Waals surface area contributed by atoms with Crippen molar-refractivity contribution in [2.45, 2.75) is 25.6 Å². The Hall–Kier alpha value is -1.99. The molecule has 2 aromatic rings. The van der Waals surface area contributed by atoms with Crippen molar-refractivity contribution in [2.75, 3.05) is 40.5 Å². The van der Waals surface area contributed by atoms with Crippen molar-refractivity contribution in [1.29, 1.82) is 0 Å². The summed E-state index contributed by atoms with van der Waals surface area (Å²) in [6, 6.07) is 12.0. The van der Waals surface area contributed by atoms with E-state index in [4.69, 9.17) is 21.1 Å². The molecule has 1 fully saturated rings. The number of phenolic OH excluding ortho intramolecular Hbond substituents is 1. The molecule has 1 aliphatic rings. The maximum absolute atomic E-state index is 9.94. The molecule has 7 heteroatoms. The summed E-state index contributed by atoms with van der Waals surface area (Å²) in [5.74, 6) is 1.22. The molecule has 3 rings (SSSR count). The maximum atomic E-state index is 9.94. The van der Waals surface area contributed by atoms with Gasteiger partial charge in [0.15, 0.2) is 11.5 Å². The van der Waals surface area contributed by atoms with E-state index in [0.717, 1.165) is 43.9 Å². The number of rotatable bonds is 8. The van der Waals surface area contributed by atoms with E-state index in [1.165, 1.54) is 12.7 Å². The van der Waals surface area contributed by atoms with Crippen LogP contribution in [0.25, 0.3) is 0 Å². The van der Waals surface area contributed by atoms with Crippen LogP contribution in [0.3, 0.4) is 0 Å². The molecule has 2 aromatic carbocycles. The molecule has 1 atom stereocenters. The second kappa shape index (κ2) is 10.2. The van der Waals surface area contributed by atoms with Gasteiger partial charge < -0.3 is 19.7 Å². The number of piperazine rings is 1. The normalized spacial score (nSPS) is 18.0. The van der Waals surface area contributed by atoms with Crippen LogP contribution in [0.5, 0.6) is 17.2 Å². The van der Waals surface area contributed by atoms with Gasteiger partial charge in [0.1, 0.15) is 5.75 Å². The van der Waals surface area contributed by atoms with Crippen LogP contribution in [0.15, 0.2) is 36.4 Å². The Morgan fingerprint density at radius 2 is 1.90 bits per heavy atom. The summed E-state index contributed by atoms with van der Waals surface area (Å²) < 4.78 is 10.5. The van der Waals surface area contributed by atoms with Crippen LogP contribution < -0.4 is 9.47 Å². The van der Waals surface area contributed by atoms with Gasteiger partial charge in [-0.05, 0) is 41.8 Å². The third-order valence-corrected chi connectivity index (χ3v) is 5.67. The summed E-state index contributed by atoms with van der Waals surface area (Å²) in [5, 5.41) is 19.8. The highest BCUT2D eigenvalue weighted by Crippen LogP contribution is 2.35. The first kappa shape index (κ1) is 21.7. The van der Waals surface area contributed by atoms with Gasteiger partial charge in [0.2, 0.25) is 0 Å². The molecule has 0 saturated carbocycles. The van der Waals surface area contributed by atoms with E-state index in [0.29, 0.717) is 17.3 Å². The molecule has 158 valence electrons. The number of halogens is 1. The van der Waals surface area contributed by atoms with Crippen LogP contribution in [0.2, 0.25) is 5.02 Å². The highest BCUT2D eigenvalue weighted by molar-refractivity contribution is 6.32. The van der Waals surface area contributed by atoms with E-state index in [1.807, 2.05) is 18.2 Å². The Morgan fingerprint density at radius 1 is 1.07 bits per heavy atom. The lowest BCUT2D eigenvalue weighted by Gasteiger charge is -2.41. The number of methoxy groups -OCH3 is 2. The Bertz CT molecular complexity index is 817. The molecule has 0 radical (unpaired) electrons. The molecule has 6 nitrogen and oxygen atoms in total. The lowest BCUT2D eigenvalue weighted by Crippen LogP contribution is -2.52. The van der Waals surface area contributed by atoms with Crippen molar-refractivity contribution in [3.8, 4) is 17.2 Å². The van der Waals surface area contributed by atoms with Crippen molar-refractivity contribution < 1.29 is 19.7 Å². The van der Waals surface area contributed by atoms with Crippen molar-refractivity contribution in [1.82, 2.24) is 9.80 Å². The Kier molecular flexibility index (Phi) is 7.61. The first-order valence-electron chi connectivity index (χ1n) is 9.79. The smallest absolute Gasteiger partial charge is 0.176 e. The molecule has 0 unspecified atom stereocenters. The van der Waals surface area contributed by atoms with E-state index in [2.05, 4.69) is 21.9 Å². The number of hydrogen-bond acceptors (Lipinski definition) is 6. The summed E-state index contributed by atoms with van der Waals surface area (Å²) in [4.78, 5) is 4.77. The van der Waals surface area contributed by atoms with Gasteiger partial charge in [-0.15, -0.1) is 0 Å². The van der Waals surface area contributed by atoms with Gasteiger partial charge in [-0.3, -0.25) is 9.80 Å². The summed E-state index contributed by atoms with van der Waals surface area (Å²) in [6.07, 6.45) is 0.722. The van der Waals surface area contributed by atoms with Crippen LogP contribution in [-0.2, 0) is 13.1 Å². The number of aromatic hydroxyl groups is 1.